The molecule has 1 N–H and O–H groups in total. The molecule has 0 atom stereocenters. The van der Waals surface area contributed by atoms with Crippen LogP contribution in [0.25, 0.3) is 0 Å². The summed E-state index contributed by atoms with van der Waals surface area (Å²) >= 11 is 0. The number of carbonyl (C=O) groups excluding carboxylic acids is 2. The van der Waals surface area contributed by atoms with Crippen LogP contribution in [0, 0.1) is 6.92 Å². The summed E-state index contributed by atoms with van der Waals surface area (Å²) in [6, 6.07) is 10.3. The minimum Gasteiger partial charge on any atom is -0.360 e. The molecule has 1 heterocycles. The highest BCUT2D eigenvalue weighted by Gasteiger charge is 2.12. The van der Waals surface area contributed by atoms with E-state index in [0.717, 1.165) is 0 Å². The van der Waals surface area contributed by atoms with Gasteiger partial charge in [0.15, 0.2) is 11.6 Å². The van der Waals surface area contributed by atoms with Gasteiger partial charge in [-0.25, -0.2) is 0 Å². The molecule has 5 nitrogen and oxygen atoms in total. The number of anilines is 1. The van der Waals surface area contributed by atoms with E-state index >= 15 is 0 Å². The van der Waals surface area contributed by atoms with Crippen LogP contribution in [0.3, 0.4) is 0 Å². The fourth-order valence-electron chi connectivity index (χ4n) is 1.48. The average molecular weight is 244 g/mol. The third-order valence-electron chi connectivity index (χ3n) is 2.31. The SMILES string of the molecule is Cc1cc(NC(=O)CC(=O)c2ccccc2)no1. The molecule has 0 fully saturated rings. The van der Waals surface area contributed by atoms with Crippen molar-refractivity contribution in [3.8, 4) is 0 Å². The molecule has 0 bridgehead atoms. The molecule has 0 aliphatic carbocycles. The van der Waals surface area contributed by atoms with Crippen LogP contribution in [0.5, 0.6) is 0 Å². The summed E-state index contributed by atoms with van der Waals surface area (Å²) < 4.78 is 4.81. The van der Waals surface area contributed by atoms with E-state index in [4.69, 9.17) is 4.52 Å². The van der Waals surface area contributed by atoms with Crippen LogP contribution >= 0.6 is 0 Å². The first kappa shape index (κ1) is 12.0. The Kier molecular flexibility index (Phi) is 3.52. The number of carbonyl (C=O) groups is 2. The van der Waals surface area contributed by atoms with Crippen LogP contribution in [0.2, 0.25) is 0 Å². The van der Waals surface area contributed by atoms with Gasteiger partial charge < -0.3 is 9.84 Å². The number of hydrogen-bond acceptors (Lipinski definition) is 4. The number of nitrogens with one attached hydrogen (secondary N) is 1. The lowest BCUT2D eigenvalue weighted by Gasteiger charge is -2.01. The third kappa shape index (κ3) is 3.04. The Balaban J connectivity index is 1.94. The molecule has 0 aliphatic heterocycles. The molecule has 18 heavy (non-hydrogen) atoms. The number of nitrogens with zero attached hydrogens (tertiary/aromatic N) is 1. The Bertz CT molecular complexity index is 561. The van der Waals surface area contributed by atoms with Gasteiger partial charge in [-0.2, -0.15) is 0 Å². The van der Waals surface area contributed by atoms with Crippen molar-refractivity contribution < 1.29 is 14.1 Å². The summed E-state index contributed by atoms with van der Waals surface area (Å²) in [6.07, 6.45) is -0.212. The predicted molar refractivity (Wildman–Crippen MR) is 65.3 cm³/mol. The summed E-state index contributed by atoms with van der Waals surface area (Å²) in [5.74, 6) is 0.281. The molecule has 0 saturated heterocycles. The van der Waals surface area contributed by atoms with E-state index in [1.54, 1.807) is 37.3 Å². The molecule has 0 radical (unpaired) electrons. The highest BCUT2D eigenvalue weighted by atomic mass is 16.5. The van der Waals surface area contributed by atoms with E-state index < -0.39 is 5.91 Å². The Hall–Kier alpha value is -2.43. The van der Waals surface area contributed by atoms with E-state index in [2.05, 4.69) is 10.5 Å². The highest BCUT2D eigenvalue weighted by molar-refractivity contribution is 6.10. The van der Waals surface area contributed by atoms with Crippen LogP contribution in [0.1, 0.15) is 22.5 Å². The second-order valence-corrected chi connectivity index (χ2v) is 3.84. The Morgan fingerprint density at radius 2 is 2.00 bits per heavy atom. The lowest BCUT2D eigenvalue weighted by molar-refractivity contribution is -0.115. The van der Waals surface area contributed by atoms with Gasteiger partial charge >= 0.3 is 0 Å². The van der Waals surface area contributed by atoms with Gasteiger partial charge in [-0.05, 0) is 6.92 Å². The highest BCUT2D eigenvalue weighted by Crippen LogP contribution is 2.09. The fraction of sp³-hybridized carbons (Fsp3) is 0.154. The number of hydrogen-bond donors (Lipinski definition) is 1. The molecule has 1 aromatic carbocycles. The Morgan fingerprint density at radius 1 is 1.28 bits per heavy atom. The van der Waals surface area contributed by atoms with Crippen LogP contribution in [-0.2, 0) is 4.79 Å². The number of aryl methyl sites for hydroxylation is 1. The van der Waals surface area contributed by atoms with Crippen molar-refractivity contribution in [2.45, 2.75) is 13.3 Å². The first-order valence-corrected chi connectivity index (χ1v) is 5.46. The lowest BCUT2D eigenvalue weighted by Crippen LogP contribution is -2.16. The van der Waals surface area contributed by atoms with Crippen LogP contribution in [-0.4, -0.2) is 16.8 Å². The van der Waals surface area contributed by atoms with Gasteiger partial charge in [-0.3, -0.25) is 9.59 Å². The molecule has 0 saturated carbocycles. The largest absolute Gasteiger partial charge is 0.360 e. The van der Waals surface area contributed by atoms with E-state index in [1.165, 1.54) is 0 Å². The van der Waals surface area contributed by atoms with Crippen LogP contribution in [0.4, 0.5) is 5.82 Å². The maximum atomic E-state index is 11.7. The van der Waals surface area contributed by atoms with Crippen molar-refractivity contribution in [3.05, 3.63) is 47.7 Å². The lowest BCUT2D eigenvalue weighted by atomic mass is 10.1. The molecule has 0 spiro atoms. The molecular weight excluding hydrogens is 232 g/mol. The molecule has 0 aliphatic rings. The first-order chi connectivity index (χ1) is 8.65. The third-order valence-corrected chi connectivity index (χ3v) is 2.31. The average Bonchev–Trinajstić information content (AvgIpc) is 2.75. The minimum absolute atomic E-state index is 0.212. The molecular formula is C13H12N2O3. The van der Waals surface area contributed by atoms with Gasteiger partial charge in [-0.15, -0.1) is 0 Å². The van der Waals surface area contributed by atoms with Crippen LogP contribution < -0.4 is 5.32 Å². The summed E-state index contributed by atoms with van der Waals surface area (Å²) in [7, 11) is 0. The number of amides is 1. The number of Topliss-reactive ketones (excluding diaryl/α,β-unsaturated/α-hetero) is 1. The second kappa shape index (κ2) is 5.27. The maximum Gasteiger partial charge on any atom is 0.233 e. The zero-order valence-corrected chi connectivity index (χ0v) is 9.84. The topological polar surface area (TPSA) is 72.2 Å². The fourth-order valence-corrected chi connectivity index (χ4v) is 1.48. The quantitative estimate of drug-likeness (QED) is 0.661. The van der Waals surface area contributed by atoms with Gasteiger partial charge in [0.05, 0.1) is 6.42 Å². The van der Waals surface area contributed by atoms with E-state index in [-0.39, 0.29) is 12.2 Å². The Labute approximate surface area is 104 Å². The standard InChI is InChI=1S/C13H12N2O3/c1-9-7-12(15-18-9)14-13(17)8-11(16)10-5-3-2-4-6-10/h2-7H,8H2,1H3,(H,14,15,17). The molecule has 2 aromatic rings. The molecule has 0 unspecified atom stereocenters. The minimum atomic E-state index is -0.405. The van der Waals surface area contributed by atoms with Gasteiger partial charge in [-0.1, -0.05) is 35.5 Å². The number of ketones is 1. The zero-order valence-electron chi connectivity index (χ0n) is 9.84. The van der Waals surface area contributed by atoms with Gasteiger partial charge in [0.2, 0.25) is 5.91 Å². The van der Waals surface area contributed by atoms with Crippen molar-refractivity contribution in [2.75, 3.05) is 5.32 Å². The monoisotopic (exact) mass is 244 g/mol. The van der Waals surface area contributed by atoms with E-state index in [0.29, 0.717) is 17.1 Å². The zero-order chi connectivity index (χ0) is 13.0. The van der Waals surface area contributed by atoms with Crippen LogP contribution in [0.15, 0.2) is 40.9 Å². The van der Waals surface area contributed by atoms with Crippen molar-refractivity contribution in [3.63, 3.8) is 0 Å². The molecule has 92 valence electrons. The normalized spacial score (nSPS) is 10.1. The van der Waals surface area contributed by atoms with Crippen molar-refractivity contribution in [2.24, 2.45) is 0 Å². The number of benzene rings is 1. The van der Waals surface area contributed by atoms with Crippen molar-refractivity contribution in [1.29, 1.82) is 0 Å². The number of rotatable bonds is 4. The molecule has 1 amide bonds. The van der Waals surface area contributed by atoms with Gasteiger partial charge in [0.25, 0.3) is 0 Å². The predicted octanol–water partition coefficient (Wildman–Crippen LogP) is 2.19. The summed E-state index contributed by atoms with van der Waals surface area (Å²) in [5, 5.41) is 6.12. The smallest absolute Gasteiger partial charge is 0.233 e. The van der Waals surface area contributed by atoms with Gasteiger partial charge in [0.1, 0.15) is 5.76 Å². The first-order valence-electron chi connectivity index (χ1n) is 5.46. The van der Waals surface area contributed by atoms with E-state index in [9.17, 15) is 9.59 Å². The summed E-state index contributed by atoms with van der Waals surface area (Å²) in [6.45, 7) is 1.72. The maximum absolute atomic E-state index is 11.7. The number of aromatic nitrogens is 1. The second-order valence-electron chi connectivity index (χ2n) is 3.84. The van der Waals surface area contributed by atoms with Crippen molar-refractivity contribution >= 4 is 17.5 Å². The molecule has 2 rings (SSSR count). The molecule has 5 heteroatoms. The molecule has 1 aromatic heterocycles. The van der Waals surface area contributed by atoms with Crippen molar-refractivity contribution in [1.82, 2.24) is 5.16 Å². The summed E-state index contributed by atoms with van der Waals surface area (Å²) in [4.78, 5) is 23.3. The summed E-state index contributed by atoms with van der Waals surface area (Å²) in [5.41, 5.74) is 0.518. The Morgan fingerprint density at radius 3 is 2.61 bits per heavy atom. The van der Waals surface area contributed by atoms with Gasteiger partial charge in [0, 0.05) is 11.6 Å². The van der Waals surface area contributed by atoms with E-state index in [1.807, 2.05) is 6.07 Å².